The molecule has 1 unspecified atom stereocenters. The van der Waals surface area contributed by atoms with E-state index in [1.807, 2.05) is 31.2 Å². The molecule has 3 N–H and O–H groups in total. The minimum Gasteiger partial charge on any atom is -0.377 e. The van der Waals surface area contributed by atoms with Crippen LogP contribution >= 0.6 is 0 Å². The lowest BCUT2D eigenvalue weighted by Gasteiger charge is -2.11. The SMILES string of the molecule is CCCCCOCc1ccc(C(C)C(=O)NN)cc1. The van der Waals surface area contributed by atoms with Crippen LogP contribution in [-0.4, -0.2) is 12.5 Å². The third-order valence-corrected chi connectivity index (χ3v) is 3.18. The van der Waals surface area contributed by atoms with Crippen molar-refractivity contribution in [3.63, 3.8) is 0 Å². The normalized spacial score (nSPS) is 12.2. The molecule has 0 heterocycles. The number of nitrogens with one attached hydrogen (secondary N) is 1. The maximum absolute atomic E-state index is 11.4. The van der Waals surface area contributed by atoms with Gasteiger partial charge in [0.2, 0.25) is 5.91 Å². The predicted molar refractivity (Wildman–Crippen MR) is 76.4 cm³/mol. The number of carbonyl (C=O) groups is 1. The molecule has 0 aliphatic rings. The van der Waals surface area contributed by atoms with Crippen molar-refractivity contribution < 1.29 is 9.53 Å². The Bertz CT molecular complexity index is 376. The minimum atomic E-state index is -0.232. The highest BCUT2D eigenvalue weighted by Crippen LogP contribution is 2.16. The molecule has 4 heteroatoms. The Morgan fingerprint density at radius 3 is 2.58 bits per heavy atom. The van der Waals surface area contributed by atoms with Crippen LogP contribution in [0, 0.1) is 0 Å². The van der Waals surface area contributed by atoms with Crippen molar-refractivity contribution in [1.29, 1.82) is 0 Å². The molecule has 0 saturated carbocycles. The summed E-state index contributed by atoms with van der Waals surface area (Å²) < 4.78 is 5.59. The summed E-state index contributed by atoms with van der Waals surface area (Å²) in [4.78, 5) is 11.4. The van der Waals surface area contributed by atoms with Crippen molar-refractivity contribution in [2.45, 2.75) is 45.6 Å². The molecular formula is C15H24N2O2. The van der Waals surface area contributed by atoms with Crippen LogP contribution in [0.1, 0.15) is 50.2 Å². The van der Waals surface area contributed by atoms with E-state index in [9.17, 15) is 4.79 Å². The van der Waals surface area contributed by atoms with Crippen molar-refractivity contribution in [1.82, 2.24) is 5.43 Å². The van der Waals surface area contributed by atoms with Gasteiger partial charge in [-0.25, -0.2) is 5.84 Å². The average molecular weight is 264 g/mol. The standard InChI is InChI=1S/C15H24N2O2/c1-3-4-5-10-19-11-13-6-8-14(9-7-13)12(2)15(18)17-16/h6-9,12H,3-5,10-11,16H2,1-2H3,(H,17,18). The highest BCUT2D eigenvalue weighted by atomic mass is 16.5. The zero-order valence-electron chi connectivity index (χ0n) is 11.8. The molecule has 0 spiro atoms. The number of ether oxygens (including phenoxy) is 1. The Hall–Kier alpha value is -1.39. The molecule has 1 aromatic rings. The van der Waals surface area contributed by atoms with Gasteiger partial charge in [-0.1, -0.05) is 44.0 Å². The van der Waals surface area contributed by atoms with Crippen molar-refractivity contribution in [2.24, 2.45) is 5.84 Å². The molecule has 1 amide bonds. The van der Waals surface area contributed by atoms with Crippen molar-refractivity contribution in [2.75, 3.05) is 6.61 Å². The summed E-state index contributed by atoms with van der Waals surface area (Å²) in [6, 6.07) is 7.89. The maximum atomic E-state index is 11.4. The first-order valence-corrected chi connectivity index (χ1v) is 6.86. The summed E-state index contributed by atoms with van der Waals surface area (Å²) in [7, 11) is 0. The van der Waals surface area contributed by atoms with Crippen LogP contribution in [0.2, 0.25) is 0 Å². The molecule has 0 saturated heterocycles. The fourth-order valence-electron chi connectivity index (χ4n) is 1.82. The monoisotopic (exact) mass is 264 g/mol. The van der Waals surface area contributed by atoms with E-state index in [2.05, 4.69) is 12.3 Å². The molecule has 0 aliphatic carbocycles. The zero-order valence-corrected chi connectivity index (χ0v) is 11.8. The smallest absolute Gasteiger partial charge is 0.241 e. The van der Waals surface area contributed by atoms with Gasteiger partial charge in [0.05, 0.1) is 12.5 Å². The van der Waals surface area contributed by atoms with Crippen molar-refractivity contribution >= 4 is 5.91 Å². The van der Waals surface area contributed by atoms with E-state index in [1.165, 1.54) is 12.8 Å². The molecule has 0 bridgehead atoms. The van der Waals surface area contributed by atoms with Crippen LogP contribution in [0.3, 0.4) is 0 Å². The number of unbranched alkanes of at least 4 members (excludes halogenated alkanes) is 2. The second kappa shape index (κ2) is 8.67. The van der Waals surface area contributed by atoms with E-state index >= 15 is 0 Å². The largest absolute Gasteiger partial charge is 0.377 e. The Morgan fingerprint density at radius 2 is 2.00 bits per heavy atom. The van der Waals surface area contributed by atoms with Gasteiger partial charge in [0.15, 0.2) is 0 Å². The van der Waals surface area contributed by atoms with Gasteiger partial charge in [0.1, 0.15) is 0 Å². The molecule has 1 aromatic carbocycles. The molecule has 0 radical (unpaired) electrons. The fraction of sp³-hybridized carbons (Fsp3) is 0.533. The van der Waals surface area contributed by atoms with Gasteiger partial charge in [-0.3, -0.25) is 10.2 Å². The lowest BCUT2D eigenvalue weighted by Crippen LogP contribution is -2.33. The number of hydrazine groups is 1. The molecule has 1 rings (SSSR count). The van der Waals surface area contributed by atoms with Gasteiger partial charge in [-0.2, -0.15) is 0 Å². The van der Waals surface area contributed by atoms with E-state index < -0.39 is 0 Å². The summed E-state index contributed by atoms with van der Waals surface area (Å²) in [6.07, 6.45) is 3.53. The Labute approximate surface area is 115 Å². The molecular weight excluding hydrogens is 240 g/mol. The first-order valence-electron chi connectivity index (χ1n) is 6.86. The summed E-state index contributed by atoms with van der Waals surface area (Å²) in [6.45, 7) is 5.44. The van der Waals surface area contributed by atoms with Crippen LogP contribution in [0.5, 0.6) is 0 Å². The van der Waals surface area contributed by atoms with E-state index in [0.717, 1.165) is 24.2 Å². The number of hydrogen-bond acceptors (Lipinski definition) is 3. The van der Waals surface area contributed by atoms with Crippen LogP contribution in [0.4, 0.5) is 0 Å². The van der Waals surface area contributed by atoms with Crippen LogP contribution in [-0.2, 0) is 16.1 Å². The summed E-state index contributed by atoms with van der Waals surface area (Å²) in [5, 5.41) is 0. The summed E-state index contributed by atoms with van der Waals surface area (Å²) in [5.74, 6) is 4.72. The Morgan fingerprint density at radius 1 is 1.32 bits per heavy atom. The van der Waals surface area contributed by atoms with Gasteiger partial charge in [0, 0.05) is 6.61 Å². The number of nitrogens with two attached hydrogens (primary N) is 1. The van der Waals surface area contributed by atoms with Gasteiger partial charge in [-0.05, 0) is 24.5 Å². The molecule has 0 fully saturated rings. The highest BCUT2D eigenvalue weighted by Gasteiger charge is 2.13. The first kappa shape index (κ1) is 15.7. The number of amides is 1. The third-order valence-electron chi connectivity index (χ3n) is 3.18. The lowest BCUT2D eigenvalue weighted by molar-refractivity contribution is -0.122. The van der Waals surface area contributed by atoms with Crippen LogP contribution < -0.4 is 11.3 Å². The number of rotatable bonds is 8. The van der Waals surface area contributed by atoms with E-state index in [-0.39, 0.29) is 11.8 Å². The third kappa shape index (κ3) is 5.41. The minimum absolute atomic E-state index is 0.177. The van der Waals surface area contributed by atoms with Crippen LogP contribution in [0.25, 0.3) is 0 Å². The van der Waals surface area contributed by atoms with Crippen LogP contribution in [0.15, 0.2) is 24.3 Å². The molecule has 1 atom stereocenters. The second-order valence-corrected chi connectivity index (χ2v) is 4.73. The highest BCUT2D eigenvalue weighted by molar-refractivity contribution is 5.82. The van der Waals surface area contributed by atoms with Gasteiger partial charge < -0.3 is 4.74 Å². The molecule has 106 valence electrons. The van der Waals surface area contributed by atoms with E-state index in [4.69, 9.17) is 10.6 Å². The number of hydrogen-bond donors (Lipinski definition) is 2. The molecule has 19 heavy (non-hydrogen) atoms. The van der Waals surface area contributed by atoms with Crippen molar-refractivity contribution in [3.05, 3.63) is 35.4 Å². The number of benzene rings is 1. The quantitative estimate of drug-likeness (QED) is 0.328. The van der Waals surface area contributed by atoms with Gasteiger partial charge >= 0.3 is 0 Å². The van der Waals surface area contributed by atoms with E-state index in [0.29, 0.717) is 6.61 Å². The molecule has 0 aromatic heterocycles. The lowest BCUT2D eigenvalue weighted by atomic mass is 9.99. The number of carbonyl (C=O) groups excluding carboxylic acids is 1. The average Bonchev–Trinajstić information content (AvgIpc) is 2.46. The van der Waals surface area contributed by atoms with E-state index in [1.54, 1.807) is 0 Å². The Kier molecular flexibility index (Phi) is 7.15. The van der Waals surface area contributed by atoms with Crippen molar-refractivity contribution in [3.8, 4) is 0 Å². The summed E-state index contributed by atoms with van der Waals surface area (Å²) in [5.41, 5.74) is 4.25. The fourth-order valence-corrected chi connectivity index (χ4v) is 1.82. The topological polar surface area (TPSA) is 64.3 Å². The maximum Gasteiger partial charge on any atom is 0.241 e. The second-order valence-electron chi connectivity index (χ2n) is 4.73. The summed E-state index contributed by atoms with van der Waals surface area (Å²) >= 11 is 0. The Balaban J connectivity index is 2.41. The zero-order chi connectivity index (χ0) is 14.1. The molecule has 4 nitrogen and oxygen atoms in total. The first-order chi connectivity index (χ1) is 9.19. The van der Waals surface area contributed by atoms with Gasteiger partial charge in [-0.15, -0.1) is 0 Å². The predicted octanol–water partition coefficient (Wildman–Crippen LogP) is 2.49. The van der Waals surface area contributed by atoms with Gasteiger partial charge in [0.25, 0.3) is 0 Å². The molecule has 0 aliphatic heterocycles.